The molecule has 0 aliphatic carbocycles. The lowest BCUT2D eigenvalue weighted by Gasteiger charge is -2.33. The van der Waals surface area contributed by atoms with Crippen LogP contribution in [0, 0.1) is 5.92 Å². The lowest BCUT2D eigenvalue weighted by molar-refractivity contribution is -0.137. The number of hydrogen-bond donors (Lipinski definition) is 1. The average molecular weight is 261 g/mol. The number of benzene rings is 1. The van der Waals surface area contributed by atoms with E-state index in [1.54, 1.807) is 0 Å². The Kier molecular flexibility index (Phi) is 3.83. The van der Waals surface area contributed by atoms with E-state index < -0.39 is 5.97 Å². The Morgan fingerprint density at radius 2 is 2.00 bits per heavy atom. The maximum Gasteiger partial charge on any atom is 0.303 e. The van der Waals surface area contributed by atoms with Crippen molar-refractivity contribution in [2.45, 2.75) is 45.6 Å². The molecule has 1 heterocycles. The van der Waals surface area contributed by atoms with E-state index in [0.29, 0.717) is 0 Å². The van der Waals surface area contributed by atoms with E-state index in [2.05, 4.69) is 49.9 Å². The van der Waals surface area contributed by atoms with Gasteiger partial charge in [0.25, 0.3) is 0 Å². The summed E-state index contributed by atoms with van der Waals surface area (Å²) in [4.78, 5) is 13.2. The van der Waals surface area contributed by atoms with Crippen LogP contribution in [0.2, 0.25) is 0 Å². The Bertz CT molecular complexity index is 450. The first-order valence-corrected chi connectivity index (χ1v) is 7.01. The van der Waals surface area contributed by atoms with Gasteiger partial charge in [0.1, 0.15) is 0 Å². The number of anilines is 1. The molecule has 0 bridgehead atoms. The molecule has 1 fully saturated rings. The minimum Gasteiger partial charge on any atom is -0.481 e. The number of hydrogen-bond acceptors (Lipinski definition) is 2. The normalized spacial score (nSPS) is 21.6. The fourth-order valence-electron chi connectivity index (χ4n) is 3.14. The molecular formula is C16H23NO2. The molecule has 1 saturated heterocycles. The van der Waals surface area contributed by atoms with E-state index in [0.717, 1.165) is 19.4 Å². The molecule has 1 atom stereocenters. The molecular weight excluding hydrogens is 238 g/mol. The van der Waals surface area contributed by atoms with E-state index in [-0.39, 0.29) is 17.9 Å². The van der Waals surface area contributed by atoms with Gasteiger partial charge >= 0.3 is 5.97 Å². The summed E-state index contributed by atoms with van der Waals surface area (Å²) in [7, 11) is 0. The van der Waals surface area contributed by atoms with Crippen molar-refractivity contribution in [3.05, 3.63) is 29.8 Å². The Morgan fingerprint density at radius 1 is 1.37 bits per heavy atom. The van der Waals surface area contributed by atoms with Gasteiger partial charge in [-0.05, 0) is 50.3 Å². The van der Waals surface area contributed by atoms with Gasteiger partial charge in [-0.2, -0.15) is 0 Å². The van der Waals surface area contributed by atoms with Crippen LogP contribution in [0.15, 0.2) is 24.3 Å². The predicted molar refractivity (Wildman–Crippen MR) is 77.6 cm³/mol. The van der Waals surface area contributed by atoms with Gasteiger partial charge in [-0.15, -0.1) is 0 Å². The molecule has 0 radical (unpaired) electrons. The van der Waals surface area contributed by atoms with Crippen molar-refractivity contribution < 1.29 is 9.90 Å². The van der Waals surface area contributed by atoms with Gasteiger partial charge in [0.15, 0.2) is 0 Å². The summed E-state index contributed by atoms with van der Waals surface area (Å²) >= 11 is 0. The van der Waals surface area contributed by atoms with Crippen LogP contribution in [0.25, 0.3) is 0 Å². The largest absolute Gasteiger partial charge is 0.481 e. The third kappa shape index (κ3) is 3.09. The van der Waals surface area contributed by atoms with Crippen LogP contribution in [-0.2, 0) is 11.2 Å². The van der Waals surface area contributed by atoms with Gasteiger partial charge in [-0.1, -0.05) is 19.1 Å². The fraction of sp³-hybridized carbons (Fsp3) is 0.562. The van der Waals surface area contributed by atoms with Crippen molar-refractivity contribution in [1.29, 1.82) is 0 Å². The fourth-order valence-corrected chi connectivity index (χ4v) is 3.14. The maximum absolute atomic E-state index is 10.9. The summed E-state index contributed by atoms with van der Waals surface area (Å²) in [5.41, 5.74) is 2.58. The van der Waals surface area contributed by atoms with Crippen LogP contribution in [0.1, 0.15) is 39.2 Å². The molecule has 104 valence electrons. The van der Waals surface area contributed by atoms with E-state index >= 15 is 0 Å². The number of nitrogens with zero attached hydrogens (tertiary/aromatic N) is 1. The number of aliphatic carboxylic acids is 1. The highest BCUT2D eigenvalue weighted by Gasteiger charge is 2.38. The van der Waals surface area contributed by atoms with Gasteiger partial charge in [0.2, 0.25) is 0 Å². The van der Waals surface area contributed by atoms with Gasteiger partial charge in [-0.25, -0.2) is 0 Å². The van der Waals surface area contributed by atoms with Crippen molar-refractivity contribution >= 4 is 11.7 Å². The van der Waals surface area contributed by atoms with Crippen LogP contribution in [0.5, 0.6) is 0 Å². The smallest absolute Gasteiger partial charge is 0.303 e. The number of carboxylic acids is 1. The zero-order valence-corrected chi connectivity index (χ0v) is 12.0. The molecule has 0 spiro atoms. The number of aryl methyl sites for hydroxylation is 1. The zero-order chi connectivity index (χ0) is 14.0. The first-order valence-electron chi connectivity index (χ1n) is 7.01. The zero-order valence-electron chi connectivity index (χ0n) is 12.0. The third-order valence-corrected chi connectivity index (χ3v) is 4.08. The Balaban J connectivity index is 2.16. The number of rotatable bonds is 4. The summed E-state index contributed by atoms with van der Waals surface area (Å²) in [6.07, 6.45) is 2.26. The Morgan fingerprint density at radius 3 is 2.53 bits per heavy atom. The van der Waals surface area contributed by atoms with Crippen molar-refractivity contribution in [3.8, 4) is 0 Å². The minimum atomic E-state index is -0.691. The molecule has 19 heavy (non-hydrogen) atoms. The average Bonchev–Trinajstić information content (AvgIpc) is 2.63. The topological polar surface area (TPSA) is 40.5 Å². The molecule has 1 aliphatic heterocycles. The highest BCUT2D eigenvalue weighted by molar-refractivity contribution is 5.67. The standard InChI is InChI=1S/C16H23NO2/c1-4-12-5-7-14(8-6-12)17-11-13(9-15(18)19)10-16(17,2)3/h5-8,13H,4,9-11H2,1-3H3,(H,18,19). The summed E-state index contributed by atoms with van der Waals surface area (Å²) < 4.78 is 0. The first-order chi connectivity index (χ1) is 8.92. The van der Waals surface area contributed by atoms with Gasteiger partial charge < -0.3 is 10.0 Å². The van der Waals surface area contributed by atoms with E-state index in [4.69, 9.17) is 5.11 Å². The molecule has 1 unspecified atom stereocenters. The van der Waals surface area contributed by atoms with Crippen molar-refractivity contribution in [2.24, 2.45) is 5.92 Å². The Hall–Kier alpha value is -1.51. The van der Waals surface area contributed by atoms with E-state index in [9.17, 15) is 4.79 Å². The van der Waals surface area contributed by atoms with Gasteiger partial charge in [-0.3, -0.25) is 4.79 Å². The summed E-state index contributed by atoms with van der Waals surface area (Å²) in [6, 6.07) is 8.64. The molecule has 1 aromatic carbocycles. The van der Waals surface area contributed by atoms with Crippen LogP contribution in [0.4, 0.5) is 5.69 Å². The van der Waals surface area contributed by atoms with Crippen LogP contribution >= 0.6 is 0 Å². The summed E-state index contributed by atoms with van der Waals surface area (Å²) in [5, 5.41) is 8.95. The SMILES string of the molecule is CCc1ccc(N2CC(CC(=O)O)CC2(C)C)cc1. The lowest BCUT2D eigenvalue weighted by Crippen LogP contribution is -2.38. The quantitative estimate of drug-likeness (QED) is 0.903. The van der Waals surface area contributed by atoms with Gasteiger partial charge in [0.05, 0.1) is 0 Å². The second kappa shape index (κ2) is 5.24. The first kappa shape index (κ1) is 13.9. The highest BCUT2D eigenvalue weighted by atomic mass is 16.4. The molecule has 0 amide bonds. The monoisotopic (exact) mass is 261 g/mol. The second-order valence-corrected chi connectivity index (χ2v) is 6.11. The number of carboxylic acid groups (broad SMARTS) is 1. The van der Waals surface area contributed by atoms with Crippen molar-refractivity contribution in [2.75, 3.05) is 11.4 Å². The second-order valence-electron chi connectivity index (χ2n) is 6.11. The molecule has 1 aliphatic rings. The third-order valence-electron chi connectivity index (χ3n) is 4.08. The summed E-state index contributed by atoms with van der Waals surface area (Å²) in [5.74, 6) is -0.442. The van der Waals surface area contributed by atoms with Crippen LogP contribution in [0.3, 0.4) is 0 Å². The minimum absolute atomic E-state index is 0.0356. The molecule has 1 aromatic rings. The molecule has 2 rings (SSSR count). The van der Waals surface area contributed by atoms with E-state index in [1.807, 2.05) is 0 Å². The molecule has 3 nitrogen and oxygen atoms in total. The van der Waals surface area contributed by atoms with E-state index in [1.165, 1.54) is 11.3 Å². The van der Waals surface area contributed by atoms with Crippen molar-refractivity contribution in [1.82, 2.24) is 0 Å². The van der Waals surface area contributed by atoms with Crippen molar-refractivity contribution in [3.63, 3.8) is 0 Å². The highest BCUT2D eigenvalue weighted by Crippen LogP contribution is 2.38. The molecule has 1 N–H and O–H groups in total. The Labute approximate surface area is 115 Å². The lowest BCUT2D eigenvalue weighted by atomic mass is 9.94. The molecule has 3 heteroatoms. The molecule has 0 saturated carbocycles. The maximum atomic E-state index is 10.9. The predicted octanol–water partition coefficient (Wildman–Crippen LogP) is 3.33. The van der Waals surface area contributed by atoms with Gasteiger partial charge in [0, 0.05) is 24.2 Å². The molecule has 0 aromatic heterocycles. The van der Waals surface area contributed by atoms with Crippen LogP contribution < -0.4 is 4.90 Å². The number of carbonyl (C=O) groups is 1. The summed E-state index contributed by atoms with van der Waals surface area (Å²) in [6.45, 7) is 7.38. The van der Waals surface area contributed by atoms with Crippen LogP contribution in [-0.4, -0.2) is 23.2 Å².